The molecule has 19 heavy (non-hydrogen) atoms. The van der Waals surface area contributed by atoms with Crippen LogP contribution in [-0.2, 0) is 4.79 Å². The van der Waals surface area contributed by atoms with Crippen LogP contribution >= 0.6 is 11.6 Å². The number of carbonyl (C=O) groups excluding carboxylic acids is 1. The third-order valence-electron chi connectivity index (χ3n) is 3.16. The number of aliphatic carboxylic acids is 1. The average Bonchev–Trinajstić information content (AvgIpc) is 2.32. The average molecular weight is 284 g/mol. The lowest BCUT2D eigenvalue weighted by molar-refractivity contribution is -0.147. The maximum absolute atomic E-state index is 12.4. The Morgan fingerprint density at radius 3 is 2.37 bits per heavy atom. The van der Waals surface area contributed by atoms with Crippen molar-refractivity contribution in [3.63, 3.8) is 0 Å². The zero-order chi connectivity index (χ0) is 14.8. The SMILES string of the molecule is CCN(C(=O)c1ccc(Cl)c(C)c1)C(C)(C)C(=O)O. The topological polar surface area (TPSA) is 57.6 Å². The van der Waals surface area contributed by atoms with Crippen LogP contribution in [-0.4, -0.2) is 34.0 Å². The van der Waals surface area contributed by atoms with Gasteiger partial charge in [0, 0.05) is 17.1 Å². The predicted molar refractivity (Wildman–Crippen MR) is 74.6 cm³/mol. The number of amides is 1. The maximum atomic E-state index is 12.4. The number of carbonyl (C=O) groups is 2. The van der Waals surface area contributed by atoms with Crippen LogP contribution in [0.15, 0.2) is 18.2 Å². The Morgan fingerprint density at radius 2 is 1.95 bits per heavy atom. The molecule has 1 rings (SSSR count). The number of carboxylic acid groups (broad SMARTS) is 1. The van der Waals surface area contributed by atoms with E-state index in [1.165, 1.54) is 18.7 Å². The van der Waals surface area contributed by atoms with E-state index in [1.807, 2.05) is 0 Å². The molecule has 0 bridgehead atoms. The highest BCUT2D eigenvalue weighted by Crippen LogP contribution is 2.21. The van der Waals surface area contributed by atoms with Gasteiger partial charge in [0.25, 0.3) is 5.91 Å². The molecule has 0 atom stereocenters. The van der Waals surface area contributed by atoms with Crippen molar-refractivity contribution in [1.29, 1.82) is 0 Å². The Kier molecular flexibility index (Phi) is 4.58. The summed E-state index contributed by atoms with van der Waals surface area (Å²) < 4.78 is 0. The van der Waals surface area contributed by atoms with Gasteiger partial charge in [0.15, 0.2) is 0 Å². The zero-order valence-electron chi connectivity index (χ0n) is 11.5. The van der Waals surface area contributed by atoms with E-state index in [-0.39, 0.29) is 5.91 Å². The number of nitrogens with zero attached hydrogens (tertiary/aromatic N) is 1. The van der Waals surface area contributed by atoms with Gasteiger partial charge in [0.2, 0.25) is 0 Å². The summed E-state index contributed by atoms with van der Waals surface area (Å²) in [5, 5.41) is 9.80. The minimum absolute atomic E-state index is 0.310. The Balaban J connectivity index is 3.15. The first kappa shape index (κ1) is 15.5. The molecule has 1 aromatic rings. The molecule has 1 N–H and O–H groups in total. The number of likely N-dealkylation sites (N-methyl/N-ethyl adjacent to an activating group) is 1. The predicted octanol–water partition coefficient (Wildman–Crippen LogP) is 2.97. The van der Waals surface area contributed by atoms with Gasteiger partial charge in [-0.1, -0.05) is 11.6 Å². The molecular weight excluding hydrogens is 266 g/mol. The molecule has 0 aliphatic rings. The van der Waals surface area contributed by atoms with Crippen molar-refractivity contribution in [3.05, 3.63) is 34.3 Å². The molecule has 5 heteroatoms. The second-order valence-corrected chi connectivity index (χ2v) is 5.28. The summed E-state index contributed by atoms with van der Waals surface area (Å²) in [6, 6.07) is 4.93. The van der Waals surface area contributed by atoms with Crippen LogP contribution in [0.1, 0.15) is 36.7 Å². The van der Waals surface area contributed by atoms with Crippen LogP contribution in [0.3, 0.4) is 0 Å². The lowest BCUT2D eigenvalue weighted by atomic mass is 10.0. The highest BCUT2D eigenvalue weighted by atomic mass is 35.5. The first-order valence-corrected chi connectivity index (χ1v) is 6.41. The van der Waals surface area contributed by atoms with E-state index >= 15 is 0 Å². The van der Waals surface area contributed by atoms with Gasteiger partial charge in [-0.15, -0.1) is 0 Å². The van der Waals surface area contributed by atoms with Crippen LogP contribution in [0.25, 0.3) is 0 Å². The molecule has 104 valence electrons. The van der Waals surface area contributed by atoms with Crippen LogP contribution in [0.4, 0.5) is 0 Å². The van der Waals surface area contributed by atoms with Gasteiger partial charge >= 0.3 is 5.97 Å². The van der Waals surface area contributed by atoms with Crippen molar-refractivity contribution in [2.24, 2.45) is 0 Å². The minimum atomic E-state index is -1.25. The Hall–Kier alpha value is -1.55. The molecule has 0 aliphatic heterocycles. The molecule has 0 aromatic heterocycles. The van der Waals surface area contributed by atoms with Crippen LogP contribution in [0.5, 0.6) is 0 Å². The summed E-state index contributed by atoms with van der Waals surface area (Å²) in [7, 11) is 0. The van der Waals surface area contributed by atoms with Gasteiger partial charge in [-0.05, 0) is 51.5 Å². The fourth-order valence-electron chi connectivity index (χ4n) is 1.84. The highest BCUT2D eigenvalue weighted by molar-refractivity contribution is 6.31. The molecule has 1 amide bonds. The fraction of sp³-hybridized carbons (Fsp3) is 0.429. The second-order valence-electron chi connectivity index (χ2n) is 4.88. The van der Waals surface area contributed by atoms with Crippen molar-refractivity contribution >= 4 is 23.5 Å². The van der Waals surface area contributed by atoms with Crippen LogP contribution < -0.4 is 0 Å². The third-order valence-corrected chi connectivity index (χ3v) is 3.59. The number of hydrogen-bond acceptors (Lipinski definition) is 2. The fourth-order valence-corrected chi connectivity index (χ4v) is 1.96. The number of halogens is 1. The van der Waals surface area contributed by atoms with Gasteiger partial charge in [-0.25, -0.2) is 4.79 Å². The molecule has 0 aliphatic carbocycles. The van der Waals surface area contributed by atoms with Gasteiger partial charge in [0.05, 0.1) is 0 Å². The molecule has 0 fully saturated rings. The molecule has 0 radical (unpaired) electrons. The van der Waals surface area contributed by atoms with Crippen molar-refractivity contribution in [2.75, 3.05) is 6.54 Å². The van der Waals surface area contributed by atoms with Crippen LogP contribution in [0, 0.1) is 6.92 Å². The quantitative estimate of drug-likeness (QED) is 0.924. The molecule has 0 unspecified atom stereocenters. The first-order chi connectivity index (χ1) is 8.71. The first-order valence-electron chi connectivity index (χ1n) is 6.03. The Morgan fingerprint density at radius 1 is 1.37 bits per heavy atom. The number of rotatable bonds is 4. The molecule has 1 aromatic carbocycles. The van der Waals surface area contributed by atoms with E-state index in [0.717, 1.165) is 5.56 Å². The zero-order valence-corrected chi connectivity index (χ0v) is 12.3. The number of benzene rings is 1. The van der Waals surface area contributed by atoms with Crippen molar-refractivity contribution in [2.45, 2.75) is 33.2 Å². The summed E-state index contributed by atoms with van der Waals surface area (Å²) in [6.07, 6.45) is 0. The van der Waals surface area contributed by atoms with Crippen molar-refractivity contribution in [1.82, 2.24) is 4.90 Å². The maximum Gasteiger partial charge on any atom is 0.329 e. The summed E-state index contributed by atoms with van der Waals surface area (Å²) in [4.78, 5) is 25.0. The monoisotopic (exact) mass is 283 g/mol. The summed E-state index contributed by atoms with van der Waals surface area (Å²) >= 11 is 5.92. The standard InChI is InChI=1S/C14H18ClNO3/c1-5-16(14(3,4)13(18)19)12(17)10-6-7-11(15)9(2)8-10/h6-8H,5H2,1-4H3,(H,18,19). The van der Waals surface area contributed by atoms with E-state index in [9.17, 15) is 14.7 Å². The number of hydrogen-bond donors (Lipinski definition) is 1. The van der Waals surface area contributed by atoms with E-state index in [0.29, 0.717) is 17.1 Å². The Labute approximate surface area is 118 Å². The second kappa shape index (κ2) is 5.61. The van der Waals surface area contributed by atoms with E-state index in [1.54, 1.807) is 32.0 Å². The van der Waals surface area contributed by atoms with E-state index in [2.05, 4.69) is 0 Å². The van der Waals surface area contributed by atoms with Gasteiger partial charge in [0.1, 0.15) is 5.54 Å². The van der Waals surface area contributed by atoms with Gasteiger partial charge < -0.3 is 10.0 Å². The lowest BCUT2D eigenvalue weighted by Crippen LogP contribution is -2.52. The molecule has 0 heterocycles. The smallest absolute Gasteiger partial charge is 0.329 e. The normalized spacial score (nSPS) is 11.2. The molecular formula is C14H18ClNO3. The van der Waals surface area contributed by atoms with Crippen molar-refractivity contribution in [3.8, 4) is 0 Å². The largest absolute Gasteiger partial charge is 0.480 e. The summed E-state index contributed by atoms with van der Waals surface area (Å²) in [5.74, 6) is -1.34. The minimum Gasteiger partial charge on any atom is -0.480 e. The molecule has 0 spiro atoms. The van der Waals surface area contributed by atoms with Crippen molar-refractivity contribution < 1.29 is 14.7 Å². The molecule has 0 saturated carbocycles. The van der Waals surface area contributed by atoms with E-state index in [4.69, 9.17) is 11.6 Å². The van der Waals surface area contributed by atoms with Gasteiger partial charge in [-0.3, -0.25) is 4.79 Å². The number of aryl methyl sites for hydroxylation is 1. The van der Waals surface area contributed by atoms with E-state index < -0.39 is 11.5 Å². The third kappa shape index (κ3) is 3.07. The number of carboxylic acids is 1. The Bertz CT molecular complexity index is 511. The van der Waals surface area contributed by atoms with Gasteiger partial charge in [-0.2, -0.15) is 0 Å². The summed E-state index contributed by atoms with van der Waals surface area (Å²) in [6.45, 7) is 6.90. The highest BCUT2D eigenvalue weighted by Gasteiger charge is 2.37. The molecule has 4 nitrogen and oxygen atoms in total. The lowest BCUT2D eigenvalue weighted by Gasteiger charge is -2.34. The van der Waals surface area contributed by atoms with Crippen LogP contribution in [0.2, 0.25) is 5.02 Å². The summed E-state index contributed by atoms with van der Waals surface area (Å²) in [5.41, 5.74) is -0.0193. The molecule has 0 saturated heterocycles.